The summed E-state index contributed by atoms with van der Waals surface area (Å²) in [4.78, 5) is 40.4. The molecule has 1 aromatic carbocycles. The number of nitrogens with zero attached hydrogens (tertiary/aromatic N) is 1. The Bertz CT molecular complexity index is 942. The van der Waals surface area contributed by atoms with E-state index in [9.17, 15) is 19.5 Å². The number of hydrogen-bond acceptors (Lipinski definition) is 7. The molecule has 10 heteroatoms. The van der Waals surface area contributed by atoms with Crippen molar-refractivity contribution in [1.82, 2.24) is 10.2 Å². The van der Waals surface area contributed by atoms with Crippen molar-refractivity contribution in [2.24, 2.45) is 17.4 Å². The highest BCUT2D eigenvalue weighted by Gasteiger charge is 2.43. The van der Waals surface area contributed by atoms with Crippen LogP contribution >= 0.6 is 23.5 Å². The number of carboxylic acid groups (broad SMARTS) is 1. The molecule has 0 bridgehead atoms. The van der Waals surface area contributed by atoms with Gasteiger partial charge in [0.15, 0.2) is 0 Å². The van der Waals surface area contributed by atoms with Crippen molar-refractivity contribution in [3.05, 3.63) is 35.4 Å². The first-order valence-electron chi connectivity index (χ1n) is 12.1. The fraction of sp³-hybridized carbons (Fsp3) is 0.640. The predicted octanol–water partition coefficient (Wildman–Crippen LogP) is 2.18. The van der Waals surface area contributed by atoms with Gasteiger partial charge in [-0.05, 0) is 43.7 Å². The normalized spacial score (nSPS) is 24.1. The molecule has 2 unspecified atom stereocenters. The van der Waals surface area contributed by atoms with Crippen LogP contribution in [0.1, 0.15) is 51.7 Å². The lowest BCUT2D eigenvalue weighted by molar-refractivity contribution is -0.146. The maximum atomic E-state index is 13.8. The Balaban J connectivity index is 1.82. The van der Waals surface area contributed by atoms with E-state index in [4.69, 9.17) is 11.5 Å². The van der Waals surface area contributed by atoms with E-state index in [-0.39, 0.29) is 29.0 Å². The first kappa shape index (κ1) is 27.8. The molecule has 0 saturated carbocycles. The molecule has 8 nitrogen and oxygen atoms in total. The fourth-order valence-corrected chi connectivity index (χ4v) is 8.04. The zero-order chi connectivity index (χ0) is 25.9. The third-order valence-corrected chi connectivity index (χ3v) is 9.80. The number of carbonyl (C=O) groups is 3. The molecule has 1 saturated heterocycles. The van der Waals surface area contributed by atoms with Crippen molar-refractivity contribution in [2.45, 2.75) is 87.0 Å². The molecule has 0 spiro atoms. The van der Waals surface area contributed by atoms with Gasteiger partial charge in [0, 0.05) is 29.5 Å². The van der Waals surface area contributed by atoms with Crippen LogP contribution in [0, 0.1) is 5.92 Å². The van der Waals surface area contributed by atoms with Crippen molar-refractivity contribution >= 4 is 41.3 Å². The minimum atomic E-state index is -1.08. The van der Waals surface area contributed by atoms with E-state index in [0.29, 0.717) is 12.8 Å². The molecule has 35 heavy (non-hydrogen) atoms. The summed E-state index contributed by atoms with van der Waals surface area (Å²) in [6.07, 6.45) is 1.49. The van der Waals surface area contributed by atoms with E-state index in [1.807, 2.05) is 52.0 Å². The highest BCUT2D eigenvalue weighted by molar-refractivity contribution is 8.17. The number of nitrogens with one attached hydrogen (secondary N) is 1. The number of fused-ring (bicyclic) bond motifs is 1. The maximum Gasteiger partial charge on any atom is 0.326 e. The zero-order valence-corrected chi connectivity index (χ0v) is 22.5. The van der Waals surface area contributed by atoms with Gasteiger partial charge in [-0.2, -0.15) is 0 Å². The first-order chi connectivity index (χ1) is 16.4. The van der Waals surface area contributed by atoms with Gasteiger partial charge < -0.3 is 26.8 Å². The maximum absolute atomic E-state index is 13.8. The van der Waals surface area contributed by atoms with Crippen molar-refractivity contribution < 1.29 is 19.5 Å². The number of rotatable bonds is 9. The quantitative estimate of drug-likeness (QED) is 0.387. The number of thioether (sulfide) groups is 2. The molecule has 0 aromatic heterocycles. The summed E-state index contributed by atoms with van der Waals surface area (Å²) in [7, 11) is 0. The Morgan fingerprint density at radius 1 is 1.26 bits per heavy atom. The lowest BCUT2D eigenvalue weighted by Crippen LogP contribution is -2.61. The van der Waals surface area contributed by atoms with E-state index in [2.05, 4.69) is 5.32 Å². The average molecular weight is 523 g/mol. The number of carbonyl (C=O) groups excluding carboxylic acids is 2. The Hall–Kier alpha value is -1.75. The van der Waals surface area contributed by atoms with E-state index in [0.717, 1.165) is 23.3 Å². The van der Waals surface area contributed by atoms with Crippen LogP contribution in [0.2, 0.25) is 0 Å². The van der Waals surface area contributed by atoms with Gasteiger partial charge in [-0.15, -0.1) is 23.5 Å². The Labute approximate surface area is 216 Å². The second kappa shape index (κ2) is 11.5. The van der Waals surface area contributed by atoms with Gasteiger partial charge in [0.1, 0.15) is 12.1 Å². The first-order valence-corrected chi connectivity index (χ1v) is 14.0. The summed E-state index contributed by atoms with van der Waals surface area (Å²) in [5, 5.41) is 12.3. The number of carboxylic acids is 1. The van der Waals surface area contributed by atoms with Gasteiger partial charge >= 0.3 is 5.97 Å². The SMILES string of the molecule is CC(C)C[C@H](NC(=O)[C@@H]1Cc2ccccc2CN1C(=O)[C@@H](N)C(C)(C)SC1CC(N)CS1)C(=O)O. The second-order valence-electron chi connectivity index (χ2n) is 10.4. The number of hydrogen-bond donors (Lipinski definition) is 4. The molecule has 1 fully saturated rings. The summed E-state index contributed by atoms with van der Waals surface area (Å²) in [5.41, 5.74) is 14.6. The molecule has 0 aliphatic carbocycles. The molecule has 6 N–H and O–H groups in total. The van der Waals surface area contributed by atoms with Crippen molar-refractivity contribution in [1.29, 1.82) is 0 Å². The third-order valence-electron chi connectivity index (χ3n) is 6.60. The lowest BCUT2D eigenvalue weighted by Gasteiger charge is -2.41. The fourth-order valence-electron chi connectivity index (χ4n) is 4.53. The Morgan fingerprint density at radius 3 is 2.49 bits per heavy atom. The van der Waals surface area contributed by atoms with Crippen LogP contribution in [0.15, 0.2) is 24.3 Å². The number of benzene rings is 1. The molecule has 0 radical (unpaired) electrons. The molecular formula is C25H38N4O4S2. The molecule has 2 aliphatic rings. The number of nitrogens with two attached hydrogens (primary N) is 2. The molecule has 1 aromatic rings. The standard InChI is InChI=1S/C25H38N4O4S2/c1-14(2)9-18(24(32)33)28-22(30)19-10-15-7-5-6-8-16(15)12-29(19)23(31)21(27)25(3,4)35-20-11-17(26)13-34-20/h5-8,14,17-21H,9-13,26-27H2,1-4H3,(H,28,30)(H,32,33)/t17?,18-,19-,20?,21+/m0/s1. The van der Waals surface area contributed by atoms with E-state index in [1.54, 1.807) is 23.5 Å². The van der Waals surface area contributed by atoms with Gasteiger partial charge in [-0.3, -0.25) is 9.59 Å². The van der Waals surface area contributed by atoms with Crippen LogP contribution in [0.5, 0.6) is 0 Å². The highest BCUT2D eigenvalue weighted by atomic mass is 32.2. The van der Waals surface area contributed by atoms with Crippen LogP contribution in [-0.2, 0) is 27.3 Å². The molecule has 2 aliphatic heterocycles. The smallest absolute Gasteiger partial charge is 0.326 e. The summed E-state index contributed by atoms with van der Waals surface area (Å²) < 4.78 is -0.301. The van der Waals surface area contributed by atoms with E-state index >= 15 is 0 Å². The van der Waals surface area contributed by atoms with Crippen LogP contribution in [0.3, 0.4) is 0 Å². The lowest BCUT2D eigenvalue weighted by atomic mass is 9.91. The van der Waals surface area contributed by atoms with Crippen molar-refractivity contribution in [3.8, 4) is 0 Å². The van der Waals surface area contributed by atoms with Crippen molar-refractivity contribution in [2.75, 3.05) is 5.75 Å². The summed E-state index contributed by atoms with van der Waals surface area (Å²) >= 11 is 3.45. The van der Waals surface area contributed by atoms with E-state index < -0.39 is 34.7 Å². The predicted molar refractivity (Wildman–Crippen MR) is 142 cm³/mol. The zero-order valence-electron chi connectivity index (χ0n) is 20.9. The van der Waals surface area contributed by atoms with Crippen molar-refractivity contribution in [3.63, 3.8) is 0 Å². The van der Waals surface area contributed by atoms with Gasteiger partial charge in [-0.25, -0.2) is 4.79 Å². The third kappa shape index (κ3) is 6.93. The van der Waals surface area contributed by atoms with Gasteiger partial charge in [0.2, 0.25) is 11.8 Å². The monoisotopic (exact) mass is 522 g/mol. The molecule has 2 amide bonds. The minimum absolute atomic E-state index is 0.0917. The second-order valence-corrected chi connectivity index (χ2v) is 13.8. The van der Waals surface area contributed by atoms with Crippen LogP contribution in [0.4, 0.5) is 0 Å². The minimum Gasteiger partial charge on any atom is -0.480 e. The van der Waals surface area contributed by atoms with Gasteiger partial charge in [-0.1, -0.05) is 38.1 Å². The summed E-state index contributed by atoms with van der Waals surface area (Å²) in [6, 6.07) is 5.18. The topological polar surface area (TPSA) is 139 Å². The highest BCUT2D eigenvalue weighted by Crippen LogP contribution is 2.43. The summed E-state index contributed by atoms with van der Waals surface area (Å²) in [5.74, 6) is -0.865. The largest absolute Gasteiger partial charge is 0.480 e. The van der Waals surface area contributed by atoms with Gasteiger partial charge in [0.05, 0.1) is 10.6 Å². The van der Waals surface area contributed by atoms with Crippen LogP contribution < -0.4 is 16.8 Å². The van der Waals surface area contributed by atoms with Gasteiger partial charge in [0.25, 0.3) is 0 Å². The molecule has 3 rings (SSSR count). The van der Waals surface area contributed by atoms with E-state index in [1.165, 1.54) is 4.90 Å². The van der Waals surface area contributed by atoms with Crippen LogP contribution in [-0.4, -0.2) is 67.0 Å². The Morgan fingerprint density at radius 2 is 1.91 bits per heavy atom. The molecule has 2 heterocycles. The molecule has 5 atom stereocenters. The number of amides is 2. The van der Waals surface area contributed by atoms with Crippen LogP contribution in [0.25, 0.3) is 0 Å². The molecule has 194 valence electrons. The number of aliphatic carboxylic acids is 1. The average Bonchev–Trinajstić information content (AvgIpc) is 3.19. The molecular weight excluding hydrogens is 484 g/mol. The summed E-state index contributed by atoms with van der Waals surface area (Å²) in [6.45, 7) is 7.99. The Kier molecular flexibility index (Phi) is 9.17.